The standard InChI is InChI=1S/C15H28N2O4S/c1-11(2)17(12(10-18)7-8-22-6)13(19)9-16-14(20)21-15(3,4)5/h10-12H,7-9H2,1-6H3,(H,16,20). The van der Waals surface area contributed by atoms with Gasteiger partial charge in [0, 0.05) is 6.04 Å². The predicted molar refractivity (Wildman–Crippen MR) is 89.1 cm³/mol. The van der Waals surface area contributed by atoms with Gasteiger partial charge in [-0.15, -0.1) is 0 Å². The number of nitrogens with zero attached hydrogens (tertiary/aromatic N) is 1. The smallest absolute Gasteiger partial charge is 0.408 e. The molecule has 0 heterocycles. The summed E-state index contributed by atoms with van der Waals surface area (Å²) in [5.74, 6) is 0.499. The third kappa shape index (κ3) is 8.26. The van der Waals surface area contributed by atoms with Crippen LogP contribution in [0.15, 0.2) is 0 Å². The first-order valence-corrected chi connectivity index (χ1v) is 8.74. The predicted octanol–water partition coefficient (Wildman–Crippen LogP) is 2.07. The fourth-order valence-electron chi connectivity index (χ4n) is 1.92. The van der Waals surface area contributed by atoms with E-state index in [9.17, 15) is 14.4 Å². The maximum absolute atomic E-state index is 12.3. The van der Waals surface area contributed by atoms with E-state index in [-0.39, 0.29) is 18.5 Å². The quantitative estimate of drug-likeness (QED) is 0.689. The number of thioether (sulfide) groups is 1. The molecule has 6 nitrogen and oxygen atoms in total. The van der Waals surface area contributed by atoms with E-state index in [1.165, 1.54) is 4.90 Å². The van der Waals surface area contributed by atoms with Crippen LogP contribution in [0.2, 0.25) is 0 Å². The number of alkyl carbamates (subject to hydrolysis) is 1. The molecule has 2 amide bonds. The fourth-order valence-corrected chi connectivity index (χ4v) is 2.40. The second kappa shape index (κ2) is 9.71. The normalized spacial score (nSPS) is 12.7. The highest BCUT2D eigenvalue weighted by molar-refractivity contribution is 7.98. The van der Waals surface area contributed by atoms with Crippen molar-refractivity contribution in [3.8, 4) is 0 Å². The highest BCUT2D eigenvalue weighted by atomic mass is 32.2. The van der Waals surface area contributed by atoms with E-state index in [1.807, 2.05) is 20.1 Å². The molecule has 0 radical (unpaired) electrons. The molecule has 1 unspecified atom stereocenters. The highest BCUT2D eigenvalue weighted by Gasteiger charge is 2.26. The molecule has 128 valence electrons. The first-order valence-electron chi connectivity index (χ1n) is 7.34. The number of nitrogens with one attached hydrogen (secondary N) is 1. The lowest BCUT2D eigenvalue weighted by molar-refractivity contribution is -0.137. The van der Waals surface area contributed by atoms with Crippen LogP contribution in [0.3, 0.4) is 0 Å². The van der Waals surface area contributed by atoms with Crippen molar-refractivity contribution in [2.75, 3.05) is 18.6 Å². The second-order valence-corrected chi connectivity index (χ2v) is 7.22. The number of hydrogen-bond donors (Lipinski definition) is 1. The summed E-state index contributed by atoms with van der Waals surface area (Å²) >= 11 is 1.62. The van der Waals surface area contributed by atoms with Crippen LogP contribution in [-0.4, -0.2) is 59.4 Å². The third-order valence-electron chi connectivity index (χ3n) is 2.76. The average molecular weight is 332 g/mol. The number of carbonyl (C=O) groups excluding carboxylic acids is 3. The van der Waals surface area contributed by atoms with Gasteiger partial charge in [-0.1, -0.05) is 0 Å². The molecule has 1 N–H and O–H groups in total. The SMILES string of the molecule is CSCCC(C=O)N(C(=O)CNC(=O)OC(C)(C)C)C(C)C. The van der Waals surface area contributed by atoms with Crippen LogP contribution in [0, 0.1) is 0 Å². The lowest BCUT2D eigenvalue weighted by atomic mass is 10.1. The molecule has 0 aromatic heterocycles. The number of carbonyl (C=O) groups is 3. The Hall–Kier alpha value is -1.24. The number of ether oxygens (including phenoxy) is 1. The van der Waals surface area contributed by atoms with Crippen molar-refractivity contribution in [1.29, 1.82) is 0 Å². The highest BCUT2D eigenvalue weighted by Crippen LogP contribution is 2.11. The van der Waals surface area contributed by atoms with Gasteiger partial charge in [-0.25, -0.2) is 4.79 Å². The summed E-state index contributed by atoms with van der Waals surface area (Å²) in [4.78, 5) is 36.7. The minimum atomic E-state index is -0.642. The van der Waals surface area contributed by atoms with Crippen LogP contribution >= 0.6 is 11.8 Å². The third-order valence-corrected chi connectivity index (χ3v) is 3.40. The summed E-state index contributed by atoms with van der Waals surface area (Å²) in [6.07, 6.45) is 2.70. The van der Waals surface area contributed by atoms with E-state index in [0.717, 1.165) is 12.0 Å². The summed E-state index contributed by atoms with van der Waals surface area (Å²) in [5, 5.41) is 2.44. The molecule has 0 spiro atoms. The number of hydrogen-bond acceptors (Lipinski definition) is 5. The van der Waals surface area contributed by atoms with Gasteiger partial charge in [0.25, 0.3) is 0 Å². The van der Waals surface area contributed by atoms with Gasteiger partial charge in [-0.05, 0) is 53.0 Å². The van der Waals surface area contributed by atoms with Gasteiger partial charge in [-0.2, -0.15) is 11.8 Å². The van der Waals surface area contributed by atoms with Crippen molar-refractivity contribution < 1.29 is 19.1 Å². The van der Waals surface area contributed by atoms with Gasteiger partial charge in [0.2, 0.25) is 5.91 Å². The Bertz CT molecular complexity index is 380. The molecule has 0 aromatic carbocycles. The van der Waals surface area contributed by atoms with Crippen molar-refractivity contribution in [3.63, 3.8) is 0 Å². The van der Waals surface area contributed by atoms with Gasteiger partial charge in [0.1, 0.15) is 18.4 Å². The molecular formula is C15H28N2O4S. The monoisotopic (exact) mass is 332 g/mol. The maximum Gasteiger partial charge on any atom is 0.408 e. The molecule has 0 rings (SSSR count). The van der Waals surface area contributed by atoms with Crippen molar-refractivity contribution in [1.82, 2.24) is 10.2 Å². The Balaban J connectivity index is 4.66. The number of rotatable bonds is 8. The zero-order chi connectivity index (χ0) is 17.3. The Labute approximate surface area is 137 Å². The van der Waals surface area contributed by atoms with Crippen LogP contribution in [-0.2, 0) is 14.3 Å². The van der Waals surface area contributed by atoms with Crippen molar-refractivity contribution in [2.24, 2.45) is 0 Å². The van der Waals surface area contributed by atoms with Crippen molar-refractivity contribution >= 4 is 30.0 Å². The molecule has 0 aliphatic heterocycles. The first kappa shape index (κ1) is 20.8. The molecule has 0 fully saturated rings. The summed E-state index contributed by atoms with van der Waals surface area (Å²) in [6, 6.07) is -0.592. The van der Waals surface area contributed by atoms with Gasteiger partial charge in [0.05, 0.1) is 6.04 Å². The van der Waals surface area contributed by atoms with Gasteiger partial charge in [0.15, 0.2) is 0 Å². The van der Waals surface area contributed by atoms with Gasteiger partial charge in [-0.3, -0.25) is 4.79 Å². The van der Waals surface area contributed by atoms with Crippen LogP contribution < -0.4 is 5.32 Å². The van der Waals surface area contributed by atoms with Crippen LogP contribution in [0.1, 0.15) is 41.0 Å². The second-order valence-electron chi connectivity index (χ2n) is 6.24. The van der Waals surface area contributed by atoms with Crippen LogP contribution in [0.4, 0.5) is 4.79 Å². The molecule has 7 heteroatoms. The topological polar surface area (TPSA) is 75.7 Å². The average Bonchev–Trinajstić information content (AvgIpc) is 2.38. The maximum atomic E-state index is 12.3. The zero-order valence-electron chi connectivity index (χ0n) is 14.3. The van der Waals surface area contributed by atoms with Crippen LogP contribution in [0.25, 0.3) is 0 Å². The van der Waals surface area contributed by atoms with E-state index >= 15 is 0 Å². The molecule has 0 saturated heterocycles. The number of aldehydes is 1. The van der Waals surface area contributed by atoms with Crippen molar-refractivity contribution in [2.45, 2.75) is 58.7 Å². The summed E-state index contributed by atoms with van der Waals surface area (Å²) in [7, 11) is 0. The van der Waals surface area contributed by atoms with E-state index in [1.54, 1.807) is 32.5 Å². The molecule has 0 aliphatic carbocycles. The van der Waals surface area contributed by atoms with E-state index in [4.69, 9.17) is 4.74 Å². The summed E-state index contributed by atoms with van der Waals surface area (Å²) in [6.45, 7) is 8.76. The molecule has 22 heavy (non-hydrogen) atoms. The molecule has 0 aromatic rings. The van der Waals surface area contributed by atoms with Crippen LogP contribution in [0.5, 0.6) is 0 Å². The molecule has 1 atom stereocenters. The molecule has 0 saturated carbocycles. The molecule has 0 bridgehead atoms. The number of amides is 2. The summed E-state index contributed by atoms with van der Waals surface area (Å²) < 4.78 is 5.09. The lowest BCUT2D eigenvalue weighted by Gasteiger charge is -2.32. The van der Waals surface area contributed by atoms with E-state index < -0.39 is 17.7 Å². The van der Waals surface area contributed by atoms with E-state index in [2.05, 4.69) is 5.32 Å². The largest absolute Gasteiger partial charge is 0.444 e. The summed E-state index contributed by atoms with van der Waals surface area (Å²) in [5.41, 5.74) is -0.617. The van der Waals surface area contributed by atoms with E-state index in [0.29, 0.717) is 6.42 Å². The minimum absolute atomic E-state index is 0.120. The Kier molecular flexibility index (Phi) is 9.16. The molecular weight excluding hydrogens is 304 g/mol. The zero-order valence-corrected chi connectivity index (χ0v) is 15.2. The molecule has 0 aliphatic rings. The Morgan fingerprint density at radius 2 is 1.91 bits per heavy atom. The minimum Gasteiger partial charge on any atom is -0.444 e. The first-order chi connectivity index (χ1) is 10.1. The van der Waals surface area contributed by atoms with Gasteiger partial charge >= 0.3 is 6.09 Å². The van der Waals surface area contributed by atoms with Gasteiger partial charge < -0.3 is 19.7 Å². The fraction of sp³-hybridized carbons (Fsp3) is 0.800. The van der Waals surface area contributed by atoms with Crippen molar-refractivity contribution in [3.05, 3.63) is 0 Å². The Morgan fingerprint density at radius 3 is 2.32 bits per heavy atom. The lowest BCUT2D eigenvalue weighted by Crippen LogP contribution is -2.50. The Morgan fingerprint density at radius 1 is 1.32 bits per heavy atom.